The van der Waals surface area contributed by atoms with Crippen molar-refractivity contribution >= 4 is 23.2 Å². The van der Waals surface area contributed by atoms with Crippen molar-refractivity contribution in [3.63, 3.8) is 0 Å². The van der Waals surface area contributed by atoms with Crippen LogP contribution in [0.1, 0.15) is 5.56 Å². The summed E-state index contributed by atoms with van der Waals surface area (Å²) in [7, 11) is 0. The number of nitrogens with zero attached hydrogens (tertiary/aromatic N) is 2. The molecule has 180 valence electrons. The van der Waals surface area contributed by atoms with E-state index in [1.54, 1.807) is 0 Å². The highest BCUT2D eigenvalue weighted by Gasteiger charge is 2.36. The van der Waals surface area contributed by atoms with E-state index in [0.717, 1.165) is 17.0 Å². The molecule has 1 heterocycles. The van der Waals surface area contributed by atoms with Crippen molar-refractivity contribution in [2.24, 2.45) is 0 Å². The maximum atomic E-state index is 13.6. The van der Waals surface area contributed by atoms with Crippen LogP contribution in [0.3, 0.4) is 0 Å². The number of halogens is 7. The zero-order valence-electron chi connectivity index (χ0n) is 16.5. The molecule has 1 saturated heterocycles. The summed E-state index contributed by atoms with van der Waals surface area (Å²) in [6, 6.07) is 0.800. The van der Waals surface area contributed by atoms with Gasteiger partial charge < -0.3 is 20.7 Å². The van der Waals surface area contributed by atoms with E-state index < -0.39 is 67.8 Å². The Morgan fingerprint density at radius 3 is 2.31 bits per heavy atom. The fourth-order valence-corrected chi connectivity index (χ4v) is 3.12. The van der Waals surface area contributed by atoms with Gasteiger partial charge in [-0.05, 0) is 18.2 Å². The van der Waals surface area contributed by atoms with Gasteiger partial charge >= 0.3 is 6.18 Å². The van der Waals surface area contributed by atoms with Gasteiger partial charge in [0.05, 0.1) is 37.0 Å². The molecule has 14 heteroatoms. The number of hydrogen-bond donors (Lipinski definition) is 1. The van der Waals surface area contributed by atoms with E-state index in [1.165, 1.54) is 0 Å². The van der Waals surface area contributed by atoms with Gasteiger partial charge in [-0.25, -0.2) is 17.6 Å². The highest BCUT2D eigenvalue weighted by atomic mass is 19.4. The molecule has 0 spiro atoms. The van der Waals surface area contributed by atoms with Gasteiger partial charge in [-0.15, -0.1) is 6.54 Å². The van der Waals surface area contributed by atoms with E-state index in [9.17, 15) is 40.3 Å². The van der Waals surface area contributed by atoms with Crippen LogP contribution in [0.4, 0.5) is 42.1 Å². The van der Waals surface area contributed by atoms with E-state index in [4.69, 9.17) is 10.5 Å². The lowest BCUT2D eigenvalue weighted by Crippen LogP contribution is -2.49. The minimum absolute atomic E-state index is 0.0129. The van der Waals surface area contributed by atoms with Crippen molar-refractivity contribution in [1.29, 1.82) is 0 Å². The van der Waals surface area contributed by atoms with Crippen LogP contribution >= 0.6 is 0 Å². The molecule has 1 aliphatic heterocycles. The number of nitrogens with one attached hydrogen (secondary N) is 2. The number of morpholine rings is 1. The second-order valence-corrected chi connectivity index (χ2v) is 6.77. The summed E-state index contributed by atoms with van der Waals surface area (Å²) in [5.74, 6) is -1.88. The van der Waals surface area contributed by atoms with Gasteiger partial charge in [0.15, 0.2) is 0 Å². The number of anilines is 2. The van der Waals surface area contributed by atoms with Crippen molar-refractivity contribution in [3.05, 3.63) is 29.5 Å². The quantitative estimate of drug-likeness (QED) is 0.558. The van der Waals surface area contributed by atoms with E-state index in [1.807, 2.05) is 5.32 Å². The summed E-state index contributed by atoms with van der Waals surface area (Å²) in [6.45, 7) is -3.64. The highest BCUT2D eigenvalue weighted by molar-refractivity contribution is 5.98. The van der Waals surface area contributed by atoms with Crippen LogP contribution < -0.4 is 10.2 Å². The number of carbonyl (C=O) groups is 2. The average molecular weight is 473 g/mol. The summed E-state index contributed by atoms with van der Waals surface area (Å²) in [5, 5.41) is 1.90. The first-order valence-corrected chi connectivity index (χ1v) is 9.29. The second-order valence-electron chi connectivity index (χ2n) is 6.77. The monoisotopic (exact) mass is 473 g/mol. The molecule has 0 unspecified atom stereocenters. The Morgan fingerprint density at radius 1 is 1.19 bits per heavy atom. The molecule has 1 aromatic rings. The van der Waals surface area contributed by atoms with E-state index >= 15 is 0 Å². The molecule has 2 rings (SSSR count). The number of alkyl halides is 7. The van der Waals surface area contributed by atoms with Crippen LogP contribution in [-0.2, 0) is 20.5 Å². The van der Waals surface area contributed by atoms with Gasteiger partial charge in [0.2, 0.25) is 5.91 Å². The largest absolute Gasteiger partial charge is 0.676 e. The van der Waals surface area contributed by atoms with Crippen molar-refractivity contribution in [2.75, 3.05) is 49.6 Å². The molecule has 1 aliphatic rings. The molecule has 0 bridgehead atoms. The number of amides is 2. The Kier molecular flexibility index (Phi) is 8.81. The summed E-state index contributed by atoms with van der Waals surface area (Å²) in [6.07, 6.45) is -11.2. The first kappa shape index (κ1) is 25.8. The molecular weight excluding hydrogens is 453 g/mol. The highest BCUT2D eigenvalue weighted by Crippen LogP contribution is 2.37. The number of hydrogen-bond acceptors (Lipinski definition) is 4. The fraction of sp³-hybridized carbons (Fsp3) is 0.556. The van der Waals surface area contributed by atoms with Gasteiger partial charge in [0.25, 0.3) is 18.8 Å². The topological polar surface area (TPSA) is 85.7 Å². The molecule has 0 radical (unpaired) electrons. The molecule has 1 fully saturated rings. The smallest absolute Gasteiger partial charge is 0.418 e. The van der Waals surface area contributed by atoms with Gasteiger partial charge in [0, 0.05) is 12.2 Å². The minimum Gasteiger partial charge on any atom is -0.676 e. The summed E-state index contributed by atoms with van der Waals surface area (Å²) in [4.78, 5) is 25.8. The third-order valence-electron chi connectivity index (χ3n) is 4.55. The molecule has 7 nitrogen and oxygen atoms in total. The van der Waals surface area contributed by atoms with E-state index in [0.29, 0.717) is 11.0 Å². The van der Waals surface area contributed by atoms with E-state index in [2.05, 4.69) is 0 Å². The second kappa shape index (κ2) is 10.9. The molecule has 0 saturated carbocycles. The van der Waals surface area contributed by atoms with Crippen LogP contribution in [-0.4, -0.2) is 75.0 Å². The molecule has 32 heavy (non-hydrogen) atoms. The molecule has 2 N–H and O–H groups in total. The van der Waals surface area contributed by atoms with Gasteiger partial charge in [0.1, 0.15) is 6.61 Å². The third kappa shape index (κ3) is 6.77. The standard InChI is InChI=1S/C18H20F7N4O3/c19-14(20)7-28(8-15(21)22)13(6-26)17(31)27-12-2-1-10(5-11(12)18(23,24)25)29-3-4-32-9-16(29)30/h1-2,5,13-15,26H,3-4,6-9H2,(H,27,31)/q-1/t13-/m1/s1. The summed E-state index contributed by atoms with van der Waals surface area (Å²) >= 11 is 0. The molecule has 1 atom stereocenters. The number of ether oxygens (including phenoxy) is 1. The predicted octanol–water partition coefficient (Wildman–Crippen LogP) is 3.26. The lowest BCUT2D eigenvalue weighted by molar-refractivity contribution is -0.137. The number of rotatable bonds is 9. The third-order valence-corrected chi connectivity index (χ3v) is 4.55. The maximum absolute atomic E-state index is 13.6. The number of carbonyl (C=O) groups excluding carboxylic acids is 2. The Bertz CT molecular complexity index is 797. The zero-order valence-corrected chi connectivity index (χ0v) is 16.5. The minimum atomic E-state index is -4.98. The van der Waals surface area contributed by atoms with Crippen LogP contribution in [0.15, 0.2) is 18.2 Å². The molecule has 2 amide bonds. The number of benzene rings is 1. The first-order chi connectivity index (χ1) is 14.9. The van der Waals surface area contributed by atoms with Crippen molar-refractivity contribution in [2.45, 2.75) is 25.1 Å². The lowest BCUT2D eigenvalue weighted by Gasteiger charge is -2.32. The Labute approximate surface area is 178 Å². The molecule has 0 aromatic heterocycles. The Hall–Kier alpha value is -2.45. The SMILES string of the molecule is [NH-]C[C@H](C(=O)Nc1ccc(N2CCOCC2=O)cc1C(F)(F)F)N(CC(F)F)CC(F)F. The van der Waals surface area contributed by atoms with Crippen LogP contribution in [0, 0.1) is 0 Å². The van der Waals surface area contributed by atoms with Crippen LogP contribution in [0.2, 0.25) is 0 Å². The normalized spacial score (nSPS) is 16.2. The predicted molar refractivity (Wildman–Crippen MR) is 99.8 cm³/mol. The average Bonchev–Trinajstić information content (AvgIpc) is 2.67. The lowest BCUT2D eigenvalue weighted by atomic mass is 10.1. The summed E-state index contributed by atoms with van der Waals surface area (Å²) in [5.41, 5.74) is 5.17. The molecule has 0 aliphatic carbocycles. The first-order valence-electron chi connectivity index (χ1n) is 9.29. The molecule has 1 aromatic carbocycles. The van der Waals surface area contributed by atoms with E-state index in [-0.39, 0.29) is 25.4 Å². The van der Waals surface area contributed by atoms with Gasteiger partial charge in [-0.3, -0.25) is 14.5 Å². The zero-order chi connectivity index (χ0) is 24.1. The van der Waals surface area contributed by atoms with Crippen molar-refractivity contribution < 1.29 is 45.1 Å². The van der Waals surface area contributed by atoms with Crippen molar-refractivity contribution in [1.82, 2.24) is 4.90 Å². The Morgan fingerprint density at radius 2 is 1.81 bits per heavy atom. The fourth-order valence-electron chi connectivity index (χ4n) is 3.12. The summed E-state index contributed by atoms with van der Waals surface area (Å²) < 4.78 is 96.6. The van der Waals surface area contributed by atoms with Gasteiger partial charge in [-0.2, -0.15) is 13.2 Å². The maximum Gasteiger partial charge on any atom is 0.418 e. The van der Waals surface area contributed by atoms with Gasteiger partial charge in [-0.1, -0.05) is 0 Å². The van der Waals surface area contributed by atoms with Crippen LogP contribution in [0.5, 0.6) is 0 Å². The van der Waals surface area contributed by atoms with Crippen molar-refractivity contribution in [3.8, 4) is 0 Å². The molecular formula is C18H20F7N4O3-. The van der Waals surface area contributed by atoms with Crippen LogP contribution in [0.25, 0.3) is 5.73 Å². The Balaban J connectivity index is 2.32.